The van der Waals surface area contributed by atoms with Crippen LogP contribution in [-0.4, -0.2) is 17.2 Å². The predicted octanol–water partition coefficient (Wildman–Crippen LogP) is -0.192. The highest BCUT2D eigenvalue weighted by Gasteiger charge is 2.11. The smallest absolute Gasteiger partial charge is 0.203 e. The Morgan fingerprint density at radius 1 is 1.88 bits per heavy atom. The Bertz CT molecular complexity index is 128. The molecule has 0 amide bonds. The molecule has 0 saturated heterocycles. The minimum Gasteiger partial charge on any atom is -0.472 e. The van der Waals surface area contributed by atoms with Crippen molar-refractivity contribution in [2.45, 2.75) is 12.7 Å². The molecule has 8 heavy (non-hydrogen) atoms. The zero-order valence-corrected chi connectivity index (χ0v) is 4.20. The maximum absolute atomic E-state index is 10.3. The van der Waals surface area contributed by atoms with E-state index in [0.29, 0.717) is 0 Å². The minimum absolute atomic E-state index is 0.0799. The highest BCUT2D eigenvalue weighted by molar-refractivity contribution is 5.90. The molecule has 1 aliphatic heterocycles. The van der Waals surface area contributed by atoms with Crippen LogP contribution >= 0.6 is 0 Å². The quantitative estimate of drug-likeness (QED) is 0.474. The van der Waals surface area contributed by atoms with Crippen LogP contribution in [0.1, 0.15) is 6.42 Å². The molecular formula is C5H6O3. The van der Waals surface area contributed by atoms with Crippen molar-refractivity contribution < 1.29 is 14.6 Å². The van der Waals surface area contributed by atoms with E-state index in [4.69, 9.17) is 5.11 Å². The lowest BCUT2D eigenvalue weighted by molar-refractivity contribution is -0.127. The van der Waals surface area contributed by atoms with E-state index in [1.165, 1.54) is 12.3 Å². The zero-order chi connectivity index (χ0) is 5.98. The van der Waals surface area contributed by atoms with E-state index in [2.05, 4.69) is 4.74 Å². The summed E-state index contributed by atoms with van der Waals surface area (Å²) in [5, 5.41) is 8.59. The number of hydrogen-bond acceptors (Lipinski definition) is 3. The summed E-state index contributed by atoms with van der Waals surface area (Å²) < 4.78 is 4.50. The van der Waals surface area contributed by atoms with Crippen LogP contribution in [0.15, 0.2) is 12.3 Å². The highest BCUT2D eigenvalue weighted by Crippen LogP contribution is 2.02. The van der Waals surface area contributed by atoms with Crippen molar-refractivity contribution in [1.82, 2.24) is 0 Å². The van der Waals surface area contributed by atoms with Gasteiger partial charge < -0.3 is 9.84 Å². The van der Waals surface area contributed by atoms with Gasteiger partial charge >= 0.3 is 0 Å². The summed E-state index contributed by atoms with van der Waals surface area (Å²) in [6.07, 6.45) is 1.66. The van der Waals surface area contributed by atoms with Crippen LogP contribution in [0.25, 0.3) is 0 Å². The lowest BCUT2D eigenvalue weighted by atomic mass is 10.2. The van der Waals surface area contributed by atoms with Gasteiger partial charge in [0.05, 0.1) is 12.7 Å². The van der Waals surface area contributed by atoms with E-state index in [0.717, 1.165) is 0 Å². The van der Waals surface area contributed by atoms with E-state index in [1.54, 1.807) is 0 Å². The van der Waals surface area contributed by atoms with Crippen LogP contribution < -0.4 is 0 Å². The number of aliphatic hydroxyl groups excluding tert-OH is 1. The third-order valence-corrected chi connectivity index (χ3v) is 0.865. The molecule has 0 spiro atoms. The number of allylic oxidation sites excluding steroid dienone is 1. The number of aliphatic hydroxyl groups is 1. The Labute approximate surface area is 46.6 Å². The van der Waals surface area contributed by atoms with Gasteiger partial charge in [-0.2, -0.15) is 0 Å². The minimum atomic E-state index is -0.924. The number of hydrogen-bond donors (Lipinski definition) is 1. The van der Waals surface area contributed by atoms with Gasteiger partial charge in [-0.25, -0.2) is 0 Å². The third-order valence-electron chi connectivity index (χ3n) is 0.865. The number of carbonyl (C=O) groups excluding carboxylic acids is 1. The molecule has 0 aliphatic carbocycles. The van der Waals surface area contributed by atoms with E-state index < -0.39 is 6.29 Å². The van der Waals surface area contributed by atoms with Gasteiger partial charge in [0.15, 0.2) is 5.78 Å². The molecule has 0 radical (unpaired) electrons. The Morgan fingerprint density at radius 2 is 2.62 bits per heavy atom. The summed E-state index contributed by atoms with van der Waals surface area (Å²) >= 11 is 0. The van der Waals surface area contributed by atoms with E-state index in [-0.39, 0.29) is 12.2 Å². The molecule has 3 heteroatoms. The van der Waals surface area contributed by atoms with E-state index >= 15 is 0 Å². The summed E-state index contributed by atoms with van der Waals surface area (Å²) in [4.78, 5) is 10.3. The third kappa shape index (κ3) is 1.07. The Kier molecular flexibility index (Phi) is 1.30. The van der Waals surface area contributed by atoms with Gasteiger partial charge in [-0.1, -0.05) is 0 Å². The van der Waals surface area contributed by atoms with Crippen LogP contribution in [-0.2, 0) is 9.53 Å². The topological polar surface area (TPSA) is 46.5 Å². The molecule has 3 nitrogen and oxygen atoms in total. The first-order valence-electron chi connectivity index (χ1n) is 2.32. The summed E-state index contributed by atoms with van der Waals surface area (Å²) in [6.45, 7) is 0. The maximum Gasteiger partial charge on any atom is 0.203 e. The Hall–Kier alpha value is -0.830. The first-order valence-corrected chi connectivity index (χ1v) is 2.32. The van der Waals surface area contributed by atoms with Gasteiger partial charge in [0.1, 0.15) is 0 Å². The number of ether oxygens (including phenoxy) is 1. The highest BCUT2D eigenvalue weighted by atomic mass is 16.6. The van der Waals surface area contributed by atoms with Crippen molar-refractivity contribution in [2.75, 3.05) is 0 Å². The molecule has 1 atom stereocenters. The van der Waals surface area contributed by atoms with E-state index in [9.17, 15) is 4.79 Å². The molecule has 1 aliphatic rings. The van der Waals surface area contributed by atoms with Crippen LogP contribution in [0.4, 0.5) is 0 Å². The normalized spacial score (nSPS) is 27.6. The van der Waals surface area contributed by atoms with Crippen LogP contribution in [0.3, 0.4) is 0 Å². The van der Waals surface area contributed by atoms with Gasteiger partial charge in [0.2, 0.25) is 6.29 Å². The molecule has 44 valence electrons. The van der Waals surface area contributed by atoms with Crippen molar-refractivity contribution >= 4 is 5.78 Å². The first-order chi connectivity index (χ1) is 3.79. The molecule has 0 aromatic rings. The second-order valence-corrected chi connectivity index (χ2v) is 1.56. The van der Waals surface area contributed by atoms with E-state index in [1.807, 2.05) is 0 Å². The largest absolute Gasteiger partial charge is 0.472 e. The second kappa shape index (κ2) is 1.96. The molecule has 1 N–H and O–H groups in total. The average Bonchev–Trinajstić information content (AvgIpc) is 1.64. The maximum atomic E-state index is 10.3. The molecule has 1 rings (SSSR count). The van der Waals surface area contributed by atoms with Crippen LogP contribution in [0.2, 0.25) is 0 Å². The molecule has 1 unspecified atom stereocenters. The number of rotatable bonds is 0. The monoisotopic (exact) mass is 114 g/mol. The molecule has 0 aromatic heterocycles. The molecule has 0 saturated carbocycles. The second-order valence-electron chi connectivity index (χ2n) is 1.56. The molecule has 0 aromatic carbocycles. The summed E-state index contributed by atoms with van der Waals surface area (Å²) in [7, 11) is 0. The van der Waals surface area contributed by atoms with Crippen molar-refractivity contribution in [2.24, 2.45) is 0 Å². The summed E-state index contributed by atoms with van der Waals surface area (Å²) in [6, 6.07) is 0. The number of ketones is 1. The van der Waals surface area contributed by atoms with Gasteiger partial charge in [-0.3, -0.25) is 4.79 Å². The van der Waals surface area contributed by atoms with Crippen molar-refractivity contribution in [1.29, 1.82) is 0 Å². The summed E-state index contributed by atoms with van der Waals surface area (Å²) in [5.74, 6) is -0.0937. The molecule has 0 fully saturated rings. The standard InChI is InChI=1S/C5H6O3/c6-4-1-2-8-5(7)3-4/h1-2,5,7H,3H2. The lowest BCUT2D eigenvalue weighted by Gasteiger charge is -2.10. The fraction of sp³-hybridized carbons (Fsp3) is 0.400. The zero-order valence-electron chi connectivity index (χ0n) is 4.20. The average molecular weight is 114 g/mol. The molecule has 1 heterocycles. The van der Waals surface area contributed by atoms with Gasteiger partial charge in [0, 0.05) is 6.08 Å². The van der Waals surface area contributed by atoms with Gasteiger partial charge in [0.25, 0.3) is 0 Å². The summed E-state index contributed by atoms with van der Waals surface area (Å²) in [5.41, 5.74) is 0. The Morgan fingerprint density at radius 3 is 3.00 bits per heavy atom. The van der Waals surface area contributed by atoms with Crippen molar-refractivity contribution in [3.8, 4) is 0 Å². The fourth-order valence-electron chi connectivity index (χ4n) is 0.494. The SMILES string of the molecule is O=C1C=COC(O)C1. The van der Waals surface area contributed by atoms with Crippen LogP contribution in [0, 0.1) is 0 Å². The fourth-order valence-corrected chi connectivity index (χ4v) is 0.494. The number of carbonyl (C=O) groups is 1. The molecule has 0 bridgehead atoms. The molecular weight excluding hydrogens is 108 g/mol. The lowest BCUT2D eigenvalue weighted by Crippen LogP contribution is -2.16. The van der Waals surface area contributed by atoms with Gasteiger partial charge in [-0.05, 0) is 0 Å². The predicted molar refractivity (Wildman–Crippen MR) is 25.9 cm³/mol. The first kappa shape index (κ1) is 5.31. The van der Waals surface area contributed by atoms with Crippen molar-refractivity contribution in [3.63, 3.8) is 0 Å². The van der Waals surface area contributed by atoms with Crippen molar-refractivity contribution in [3.05, 3.63) is 12.3 Å². The van der Waals surface area contributed by atoms with Crippen LogP contribution in [0.5, 0.6) is 0 Å². The Balaban J connectivity index is 2.54. The van der Waals surface area contributed by atoms with Gasteiger partial charge in [-0.15, -0.1) is 0 Å².